The van der Waals surface area contributed by atoms with Gasteiger partial charge in [0, 0.05) is 19.3 Å². The van der Waals surface area contributed by atoms with Crippen molar-refractivity contribution >= 4 is 33.6 Å². The van der Waals surface area contributed by atoms with Gasteiger partial charge in [-0.05, 0) is 109 Å². The van der Waals surface area contributed by atoms with Crippen LogP contribution in [0, 0.1) is 0 Å². The molecule has 0 bridgehead atoms. The number of phosphoric acid groups is 2. The minimum Gasteiger partial charge on any atom is -0.463 e. The molecule has 16 nitrogen and oxygen atoms in total. The van der Waals surface area contributed by atoms with E-state index in [0.29, 0.717) is 19.3 Å². The molecule has 0 aromatic heterocycles. The highest BCUT2D eigenvalue weighted by molar-refractivity contribution is 7.47. The van der Waals surface area contributed by atoms with Crippen molar-refractivity contribution in [3.8, 4) is 0 Å². The lowest BCUT2D eigenvalue weighted by Crippen LogP contribution is -2.30. The lowest BCUT2D eigenvalue weighted by molar-refractivity contribution is -0.161. The minimum absolute atomic E-state index is 0.106. The zero-order valence-corrected chi connectivity index (χ0v) is 68.2. The number of aliphatic hydroxyl groups is 2. The molecular weight excluding hydrogens is 1360 g/mol. The second-order valence-corrected chi connectivity index (χ2v) is 30.8. The van der Waals surface area contributed by atoms with Crippen LogP contribution in [-0.2, 0) is 55.8 Å². The third-order valence-corrected chi connectivity index (χ3v) is 19.6. The van der Waals surface area contributed by atoms with E-state index in [1.807, 2.05) is 0 Å². The molecule has 0 aliphatic rings. The third-order valence-electron chi connectivity index (χ3n) is 17.7. The fourth-order valence-electron chi connectivity index (χ4n) is 11.4. The van der Waals surface area contributed by atoms with Crippen LogP contribution >= 0.6 is 15.6 Å². The Bertz CT molecular complexity index is 2390. The van der Waals surface area contributed by atoms with Crippen LogP contribution in [0.5, 0.6) is 0 Å². The van der Waals surface area contributed by atoms with E-state index in [1.165, 1.54) is 154 Å². The molecule has 0 amide bonds. The summed E-state index contributed by atoms with van der Waals surface area (Å²) in [6.07, 6.45) is 95.5. The van der Waals surface area contributed by atoms with E-state index in [1.54, 1.807) is 0 Å². The fraction of sp³-hybridized carbons (Fsp3) is 0.736. The summed E-state index contributed by atoms with van der Waals surface area (Å²) in [4.78, 5) is 58.6. The van der Waals surface area contributed by atoms with E-state index in [0.717, 1.165) is 141 Å². The average molecular weight is 1520 g/mol. The first kappa shape index (κ1) is 101. The van der Waals surface area contributed by atoms with Crippen LogP contribution in [0.4, 0.5) is 0 Å². The zero-order valence-electron chi connectivity index (χ0n) is 66.4. The highest BCUT2D eigenvalue weighted by Crippen LogP contribution is 2.45. The van der Waals surface area contributed by atoms with Gasteiger partial charge in [0.1, 0.15) is 25.4 Å². The maximum absolute atomic E-state index is 12.9. The fourth-order valence-corrected chi connectivity index (χ4v) is 13.0. The Hall–Kier alpha value is -4.05. The van der Waals surface area contributed by atoms with Crippen LogP contribution in [0.1, 0.15) is 355 Å². The lowest BCUT2D eigenvalue weighted by Gasteiger charge is -2.21. The molecular formula is C87H152O16P2. The van der Waals surface area contributed by atoms with Gasteiger partial charge in [-0.15, -0.1) is 0 Å². The van der Waals surface area contributed by atoms with E-state index >= 15 is 0 Å². The molecule has 0 saturated carbocycles. The molecule has 105 heavy (non-hydrogen) atoms. The first-order valence-corrected chi connectivity index (χ1v) is 44.8. The molecule has 0 aliphatic heterocycles. The molecule has 4 N–H and O–H groups in total. The number of carbonyl (C=O) groups is 3. The monoisotopic (exact) mass is 1520 g/mol. The van der Waals surface area contributed by atoms with Crippen molar-refractivity contribution in [2.24, 2.45) is 0 Å². The van der Waals surface area contributed by atoms with Gasteiger partial charge in [-0.1, -0.05) is 348 Å². The second-order valence-electron chi connectivity index (χ2n) is 27.9. The summed E-state index contributed by atoms with van der Waals surface area (Å²) in [5, 5.41) is 20.6. The molecule has 0 aliphatic carbocycles. The molecule has 0 saturated heterocycles. The molecule has 5 atom stereocenters. The number of ether oxygens (including phenoxy) is 3. The van der Waals surface area contributed by atoms with Crippen molar-refractivity contribution in [2.45, 2.75) is 373 Å². The molecule has 0 spiro atoms. The largest absolute Gasteiger partial charge is 0.472 e. The van der Waals surface area contributed by atoms with Crippen LogP contribution in [0.3, 0.4) is 0 Å². The number of rotatable bonds is 79. The van der Waals surface area contributed by atoms with Crippen molar-refractivity contribution in [1.82, 2.24) is 0 Å². The molecule has 0 heterocycles. The van der Waals surface area contributed by atoms with E-state index in [9.17, 15) is 43.5 Å². The van der Waals surface area contributed by atoms with Gasteiger partial charge < -0.3 is 34.2 Å². The molecule has 606 valence electrons. The van der Waals surface area contributed by atoms with Gasteiger partial charge in [-0.3, -0.25) is 32.5 Å². The van der Waals surface area contributed by atoms with Crippen LogP contribution in [0.2, 0.25) is 0 Å². The number of carbonyl (C=O) groups excluding carboxylic acids is 3. The first-order chi connectivity index (χ1) is 51.2. The van der Waals surface area contributed by atoms with Crippen molar-refractivity contribution in [2.75, 3.05) is 39.6 Å². The number of phosphoric ester groups is 2. The molecule has 0 fully saturated rings. The molecule has 0 aromatic rings. The van der Waals surface area contributed by atoms with Crippen molar-refractivity contribution < 1.29 is 75.8 Å². The van der Waals surface area contributed by atoms with Crippen LogP contribution in [0.25, 0.3) is 0 Å². The smallest absolute Gasteiger partial charge is 0.463 e. The van der Waals surface area contributed by atoms with Gasteiger partial charge in [0.25, 0.3) is 0 Å². The van der Waals surface area contributed by atoms with E-state index < -0.39 is 91.5 Å². The highest BCUT2D eigenvalue weighted by Gasteiger charge is 2.29. The van der Waals surface area contributed by atoms with E-state index in [2.05, 4.69) is 142 Å². The quantitative estimate of drug-likeness (QED) is 0.0146. The zero-order chi connectivity index (χ0) is 76.6. The van der Waals surface area contributed by atoms with Crippen molar-refractivity contribution in [3.63, 3.8) is 0 Å². The predicted octanol–water partition coefficient (Wildman–Crippen LogP) is 24.9. The maximum atomic E-state index is 12.9. The standard InChI is InChI=1S/C87H152O16P2/c1-4-7-10-13-16-19-22-24-26-28-30-32-34-36-38-39-40-41-43-45-46-48-50-52-54-56-59-61-64-67-70-73-85(90)97-76-82(88)77-99-104(93,94)100-78-83(89)79-101-105(95,96)102-81-84(103-87(92)75-72-69-66-63-58-21-18-15-12-9-6-3)80-98-86(91)74-71-68-65-62-60-57-55-53-51-49-47-44-42-37-35-33-31-29-27-25-23-20-17-14-11-8-5-2/h7-8,10-11,16-17,19-20,24-27,30-33,36-38,42,82-84,88-89H,4-6,9,12-15,18,21-23,28-29,34-35,39-41,43-81H2,1-3H3,(H,93,94)(H,95,96)/b10-7-,11-8-,19-16-,20-17-,26-24-,27-25-,32-30-,33-31-,38-36-,42-37-. The molecule has 0 rings (SSSR count). The van der Waals surface area contributed by atoms with Gasteiger partial charge in [0.05, 0.1) is 26.4 Å². The van der Waals surface area contributed by atoms with Gasteiger partial charge in [0.2, 0.25) is 0 Å². The van der Waals surface area contributed by atoms with E-state index in [4.69, 9.17) is 32.3 Å². The highest BCUT2D eigenvalue weighted by atomic mass is 31.2. The summed E-state index contributed by atoms with van der Waals surface area (Å²) in [7, 11) is -9.78. The second kappa shape index (κ2) is 79.5. The number of hydrogen-bond donors (Lipinski definition) is 4. The Morgan fingerprint density at radius 2 is 0.505 bits per heavy atom. The minimum atomic E-state index is -4.93. The summed E-state index contributed by atoms with van der Waals surface area (Å²) in [6.45, 7) is 2.48. The Labute approximate surface area is 640 Å². The Kier molecular flexibility index (Phi) is 76.4. The van der Waals surface area contributed by atoms with Gasteiger partial charge >= 0.3 is 33.6 Å². The number of allylic oxidation sites excluding steroid dienone is 20. The number of hydrogen-bond acceptors (Lipinski definition) is 14. The van der Waals surface area contributed by atoms with Crippen molar-refractivity contribution in [3.05, 3.63) is 122 Å². The SMILES string of the molecule is CC/C=C\C/C=C\C/C=C\C/C=C\C/C=C\CCCCCCCCCCCCCCCCCC(=O)OCC(O)COP(=O)(O)OCC(O)COP(=O)(O)OCC(COC(=O)CCCCCCCCCCCCC/C=C\C/C=C\C/C=C\C/C=C\C/C=C\CC)OC(=O)CCCCCCCCCCCCC. The topological polar surface area (TPSA) is 231 Å². The Morgan fingerprint density at radius 3 is 0.800 bits per heavy atom. The number of unbranched alkanes of at least 4 members (excludes halogenated alkanes) is 36. The lowest BCUT2D eigenvalue weighted by atomic mass is 10.0. The number of esters is 3. The maximum Gasteiger partial charge on any atom is 0.472 e. The van der Waals surface area contributed by atoms with Crippen LogP contribution in [-0.4, -0.2) is 95.9 Å². The van der Waals surface area contributed by atoms with Crippen molar-refractivity contribution in [1.29, 1.82) is 0 Å². The Balaban J connectivity index is 4.39. The van der Waals surface area contributed by atoms with Gasteiger partial charge in [-0.2, -0.15) is 0 Å². The molecule has 5 unspecified atom stereocenters. The summed E-state index contributed by atoms with van der Waals surface area (Å²) in [5.41, 5.74) is 0. The van der Waals surface area contributed by atoms with Crippen LogP contribution in [0.15, 0.2) is 122 Å². The molecule has 18 heteroatoms. The summed E-state index contributed by atoms with van der Waals surface area (Å²) in [5.74, 6) is -1.56. The van der Waals surface area contributed by atoms with E-state index in [-0.39, 0.29) is 19.3 Å². The third kappa shape index (κ3) is 80.8. The van der Waals surface area contributed by atoms with Gasteiger partial charge in [-0.25, -0.2) is 9.13 Å². The van der Waals surface area contributed by atoms with Gasteiger partial charge in [0.15, 0.2) is 6.10 Å². The molecule has 0 radical (unpaired) electrons. The Morgan fingerprint density at radius 1 is 0.276 bits per heavy atom. The first-order valence-electron chi connectivity index (χ1n) is 41.8. The normalized spacial score (nSPS) is 14.5. The predicted molar refractivity (Wildman–Crippen MR) is 436 cm³/mol. The summed E-state index contributed by atoms with van der Waals surface area (Å²) in [6, 6.07) is 0. The van der Waals surface area contributed by atoms with Crippen LogP contribution < -0.4 is 0 Å². The average Bonchev–Trinajstić information content (AvgIpc) is 0.918. The summed E-state index contributed by atoms with van der Waals surface area (Å²) >= 11 is 0. The molecule has 0 aromatic carbocycles. The summed E-state index contributed by atoms with van der Waals surface area (Å²) < 4.78 is 61.2. The number of aliphatic hydroxyl groups excluding tert-OH is 2.